The van der Waals surface area contributed by atoms with Gasteiger partial charge in [-0.2, -0.15) is 0 Å². The van der Waals surface area contributed by atoms with Gasteiger partial charge in [0.15, 0.2) is 5.58 Å². The van der Waals surface area contributed by atoms with E-state index in [1.165, 1.54) is 22.1 Å². The zero-order valence-corrected chi connectivity index (χ0v) is 18.6. The fourth-order valence-corrected chi connectivity index (χ4v) is 4.47. The molecule has 0 aliphatic heterocycles. The molecular weight excluding hydrogens is 392 g/mol. The normalized spacial score (nSPS) is 13.0. The summed E-state index contributed by atoms with van der Waals surface area (Å²) >= 11 is 0. The van der Waals surface area contributed by atoms with Crippen molar-refractivity contribution in [2.75, 3.05) is 0 Å². The van der Waals surface area contributed by atoms with Gasteiger partial charge in [-0.3, -0.25) is 0 Å². The lowest BCUT2D eigenvalue weighted by Crippen LogP contribution is -1.98. The van der Waals surface area contributed by atoms with Gasteiger partial charge in [0, 0.05) is 27.4 Å². The van der Waals surface area contributed by atoms with E-state index in [9.17, 15) is 0 Å². The first kappa shape index (κ1) is 20.1. The third-order valence-electron chi connectivity index (χ3n) is 5.97. The minimum absolute atomic E-state index is 0.426. The van der Waals surface area contributed by atoms with Crippen LogP contribution in [0.1, 0.15) is 26.3 Å². The van der Waals surface area contributed by atoms with Crippen LogP contribution in [0.4, 0.5) is 0 Å². The Hall–Kier alpha value is -3.85. The second kappa shape index (κ2) is 8.01. The molecule has 3 heteroatoms. The highest BCUT2D eigenvalue weighted by Crippen LogP contribution is 2.35. The van der Waals surface area contributed by atoms with E-state index >= 15 is 0 Å². The van der Waals surface area contributed by atoms with E-state index < -0.39 is 0 Å². The van der Waals surface area contributed by atoms with E-state index in [0.29, 0.717) is 11.8 Å². The number of hydrogen-bond donors (Lipinski definition) is 1. The number of allylic oxidation sites excluding steroid dienone is 5. The van der Waals surface area contributed by atoms with Crippen LogP contribution in [0.2, 0.25) is 0 Å². The molecule has 0 unspecified atom stereocenters. The van der Waals surface area contributed by atoms with E-state index in [0.717, 1.165) is 33.1 Å². The molecule has 5 aromatic rings. The standard InChI is InChI=1S/C29H26N2O/c1-5-10-22(21(6-2)18(3)4)20-13-14-25-23(15-20)24-16-28-27(17-26(24)30-25)31-29(32-28)19-11-8-7-9-12-19/h5-18,30H,1H2,2-4H3/b21-6-,22-10-. The Morgan fingerprint density at radius 1 is 1.00 bits per heavy atom. The summed E-state index contributed by atoms with van der Waals surface area (Å²) in [4.78, 5) is 8.26. The lowest BCUT2D eigenvalue weighted by molar-refractivity contribution is 0.620. The molecule has 0 aliphatic carbocycles. The number of oxazole rings is 1. The van der Waals surface area contributed by atoms with E-state index in [1.807, 2.05) is 36.4 Å². The maximum absolute atomic E-state index is 6.13. The van der Waals surface area contributed by atoms with Crippen LogP contribution in [0.25, 0.3) is 49.9 Å². The smallest absolute Gasteiger partial charge is 0.227 e. The molecule has 1 N–H and O–H groups in total. The van der Waals surface area contributed by atoms with Crippen LogP contribution in [0.5, 0.6) is 0 Å². The molecule has 5 rings (SSSR count). The second-order valence-corrected chi connectivity index (χ2v) is 8.35. The Kier molecular flexibility index (Phi) is 5.02. The summed E-state index contributed by atoms with van der Waals surface area (Å²) in [5.74, 6) is 1.07. The first-order valence-electron chi connectivity index (χ1n) is 11.0. The number of rotatable bonds is 5. The van der Waals surface area contributed by atoms with Crippen molar-refractivity contribution in [3.05, 3.63) is 96.6 Å². The molecule has 158 valence electrons. The Labute approximate surface area is 187 Å². The molecule has 0 saturated carbocycles. The van der Waals surface area contributed by atoms with Crippen molar-refractivity contribution in [2.24, 2.45) is 5.92 Å². The van der Waals surface area contributed by atoms with E-state index in [2.05, 4.69) is 74.8 Å². The van der Waals surface area contributed by atoms with E-state index in [4.69, 9.17) is 9.40 Å². The van der Waals surface area contributed by atoms with Crippen LogP contribution in [0.15, 0.2) is 95.5 Å². The molecule has 3 nitrogen and oxygen atoms in total. The summed E-state index contributed by atoms with van der Waals surface area (Å²) in [6.45, 7) is 10.5. The van der Waals surface area contributed by atoms with Gasteiger partial charge in [0.05, 0.1) is 0 Å². The largest absolute Gasteiger partial charge is 0.436 e. The number of fused-ring (bicyclic) bond motifs is 4. The van der Waals surface area contributed by atoms with Crippen molar-refractivity contribution in [1.82, 2.24) is 9.97 Å². The molecule has 0 bridgehead atoms. The predicted molar refractivity (Wildman–Crippen MR) is 136 cm³/mol. The van der Waals surface area contributed by atoms with Gasteiger partial charge in [-0.15, -0.1) is 0 Å². The van der Waals surface area contributed by atoms with E-state index in [1.54, 1.807) is 0 Å². The van der Waals surface area contributed by atoms with Crippen LogP contribution in [0, 0.1) is 5.92 Å². The summed E-state index contributed by atoms with van der Waals surface area (Å²) in [5.41, 5.74) is 8.49. The molecular formula is C29H26N2O. The highest BCUT2D eigenvalue weighted by molar-refractivity contribution is 6.11. The van der Waals surface area contributed by atoms with Crippen LogP contribution in [-0.2, 0) is 0 Å². The average molecular weight is 419 g/mol. The molecule has 2 aromatic heterocycles. The number of benzene rings is 3. The zero-order chi connectivity index (χ0) is 22.2. The van der Waals surface area contributed by atoms with Crippen molar-refractivity contribution in [3.8, 4) is 11.5 Å². The lowest BCUT2D eigenvalue weighted by Gasteiger charge is -2.16. The minimum atomic E-state index is 0.426. The van der Waals surface area contributed by atoms with Gasteiger partial charge in [-0.25, -0.2) is 4.98 Å². The van der Waals surface area contributed by atoms with Gasteiger partial charge in [-0.1, -0.05) is 62.9 Å². The van der Waals surface area contributed by atoms with Crippen LogP contribution in [0.3, 0.4) is 0 Å². The van der Waals surface area contributed by atoms with Crippen LogP contribution >= 0.6 is 0 Å². The minimum Gasteiger partial charge on any atom is -0.436 e. The number of H-pyrrole nitrogens is 1. The molecule has 0 saturated heterocycles. The molecule has 0 aliphatic rings. The first-order chi connectivity index (χ1) is 15.6. The summed E-state index contributed by atoms with van der Waals surface area (Å²) in [6.07, 6.45) is 6.17. The van der Waals surface area contributed by atoms with Gasteiger partial charge in [0.2, 0.25) is 5.89 Å². The lowest BCUT2D eigenvalue weighted by atomic mass is 9.89. The molecule has 0 spiro atoms. The van der Waals surface area contributed by atoms with Gasteiger partial charge in [0.1, 0.15) is 5.52 Å². The summed E-state index contributed by atoms with van der Waals surface area (Å²) in [6, 6.07) is 20.8. The fourth-order valence-electron chi connectivity index (χ4n) is 4.47. The Morgan fingerprint density at radius 2 is 1.78 bits per heavy atom. The van der Waals surface area contributed by atoms with Crippen molar-refractivity contribution in [1.29, 1.82) is 0 Å². The molecule has 0 radical (unpaired) electrons. The zero-order valence-electron chi connectivity index (χ0n) is 18.6. The monoisotopic (exact) mass is 418 g/mol. The number of nitrogens with zero attached hydrogens (tertiary/aromatic N) is 1. The summed E-state index contributed by atoms with van der Waals surface area (Å²) < 4.78 is 6.13. The Balaban J connectivity index is 1.68. The maximum Gasteiger partial charge on any atom is 0.227 e. The third-order valence-corrected chi connectivity index (χ3v) is 5.97. The number of hydrogen-bond acceptors (Lipinski definition) is 2. The number of aromatic amines is 1. The molecule has 0 atom stereocenters. The topological polar surface area (TPSA) is 41.8 Å². The highest BCUT2D eigenvalue weighted by atomic mass is 16.3. The highest BCUT2D eigenvalue weighted by Gasteiger charge is 2.15. The van der Waals surface area contributed by atoms with Crippen LogP contribution in [-0.4, -0.2) is 9.97 Å². The molecule has 0 fully saturated rings. The molecule has 2 heterocycles. The summed E-state index contributed by atoms with van der Waals surface area (Å²) in [7, 11) is 0. The molecule has 0 amide bonds. The predicted octanol–water partition coefficient (Wildman–Crippen LogP) is 8.30. The van der Waals surface area contributed by atoms with Gasteiger partial charge < -0.3 is 9.40 Å². The number of aromatic nitrogens is 2. The van der Waals surface area contributed by atoms with E-state index in [-0.39, 0.29) is 0 Å². The van der Waals surface area contributed by atoms with Crippen molar-refractivity contribution < 1.29 is 4.42 Å². The SMILES string of the molecule is C=C/C=C(\C(=C/C)C(C)C)c1ccc2[nH]c3cc4nc(-c5ccccc5)oc4cc3c2c1. The van der Waals surface area contributed by atoms with Crippen molar-refractivity contribution >= 4 is 38.5 Å². The average Bonchev–Trinajstić information content (AvgIpc) is 3.38. The van der Waals surface area contributed by atoms with Gasteiger partial charge in [-0.05, 0) is 65.9 Å². The summed E-state index contributed by atoms with van der Waals surface area (Å²) in [5, 5.41) is 2.31. The van der Waals surface area contributed by atoms with Crippen LogP contribution < -0.4 is 0 Å². The second-order valence-electron chi connectivity index (χ2n) is 8.35. The van der Waals surface area contributed by atoms with Crippen molar-refractivity contribution in [3.63, 3.8) is 0 Å². The van der Waals surface area contributed by atoms with Gasteiger partial charge in [0.25, 0.3) is 0 Å². The Morgan fingerprint density at radius 3 is 2.50 bits per heavy atom. The Bertz CT molecular complexity index is 1510. The number of nitrogens with one attached hydrogen (secondary N) is 1. The fraction of sp³-hybridized carbons (Fsp3) is 0.138. The van der Waals surface area contributed by atoms with Gasteiger partial charge >= 0.3 is 0 Å². The maximum atomic E-state index is 6.13. The third kappa shape index (κ3) is 3.36. The molecule has 32 heavy (non-hydrogen) atoms. The molecule has 3 aromatic carbocycles. The van der Waals surface area contributed by atoms with Crippen molar-refractivity contribution in [2.45, 2.75) is 20.8 Å². The quantitative estimate of drug-likeness (QED) is 0.292. The first-order valence-corrected chi connectivity index (χ1v) is 11.0.